The van der Waals surface area contributed by atoms with Gasteiger partial charge in [-0.05, 0) is 11.1 Å². The second-order valence-corrected chi connectivity index (χ2v) is 6.66. The first-order valence-electron chi connectivity index (χ1n) is 9.44. The van der Waals surface area contributed by atoms with Crippen LogP contribution in [0.2, 0.25) is 0 Å². The topological polar surface area (TPSA) is 106 Å². The van der Waals surface area contributed by atoms with Crippen molar-refractivity contribution in [2.75, 3.05) is 0 Å². The maximum absolute atomic E-state index is 12.9. The fourth-order valence-corrected chi connectivity index (χ4v) is 3.18. The summed E-state index contributed by atoms with van der Waals surface area (Å²) in [4.78, 5) is 38.9. The Hall–Kier alpha value is -4.46. The molecular formula is C23H18N4O4. The van der Waals surface area contributed by atoms with Gasteiger partial charge in [0, 0.05) is 12.3 Å². The fraction of sp³-hybridized carbons (Fsp3) is 0.0435. The van der Waals surface area contributed by atoms with Gasteiger partial charge < -0.3 is 15.0 Å². The summed E-state index contributed by atoms with van der Waals surface area (Å²) in [6.07, 6.45) is 4.10. The summed E-state index contributed by atoms with van der Waals surface area (Å²) in [5.74, 6) is 0.0483. The van der Waals surface area contributed by atoms with Crippen LogP contribution in [0.1, 0.15) is 27.5 Å². The minimum Gasteiger partial charge on any atom is -0.425 e. The molecular weight excluding hydrogens is 396 g/mol. The first kappa shape index (κ1) is 19.8. The van der Waals surface area contributed by atoms with Crippen molar-refractivity contribution in [2.45, 2.75) is 6.04 Å². The third kappa shape index (κ3) is 4.43. The standard InChI is InChI=1S/C23H18N4O4/c28-15-31-18-12-25-27(14-18)21-11-20(29)19(13-24-21)23(30)26-22(16-7-3-1-4-8-16)17-9-5-2-6-10-17/h1-15,22H,(H,24,29)(H,26,30). The van der Waals surface area contributed by atoms with Crippen LogP contribution in [-0.2, 0) is 4.79 Å². The zero-order chi connectivity index (χ0) is 21.6. The lowest BCUT2D eigenvalue weighted by Gasteiger charge is -2.20. The number of nitrogens with one attached hydrogen (secondary N) is 2. The molecule has 0 aliphatic heterocycles. The van der Waals surface area contributed by atoms with E-state index in [1.54, 1.807) is 0 Å². The van der Waals surface area contributed by atoms with Crippen LogP contribution in [-0.4, -0.2) is 27.1 Å². The van der Waals surface area contributed by atoms with E-state index in [1.807, 2.05) is 60.7 Å². The molecule has 2 aromatic carbocycles. The van der Waals surface area contributed by atoms with Gasteiger partial charge >= 0.3 is 0 Å². The van der Waals surface area contributed by atoms with Crippen molar-refractivity contribution in [3.63, 3.8) is 0 Å². The third-order valence-corrected chi connectivity index (χ3v) is 4.67. The molecule has 2 aromatic heterocycles. The van der Waals surface area contributed by atoms with Crippen molar-refractivity contribution in [2.24, 2.45) is 0 Å². The second kappa shape index (κ2) is 8.91. The first-order valence-corrected chi connectivity index (χ1v) is 9.44. The predicted octanol–water partition coefficient (Wildman–Crippen LogP) is 2.62. The molecule has 4 aromatic rings. The van der Waals surface area contributed by atoms with Crippen LogP contribution in [0.3, 0.4) is 0 Å². The van der Waals surface area contributed by atoms with E-state index in [2.05, 4.69) is 15.4 Å². The quantitative estimate of drug-likeness (QED) is 0.452. The van der Waals surface area contributed by atoms with Crippen LogP contribution in [0.15, 0.2) is 90.1 Å². The summed E-state index contributed by atoms with van der Waals surface area (Å²) in [6.45, 7) is 0.285. The Balaban J connectivity index is 1.60. The summed E-state index contributed by atoms with van der Waals surface area (Å²) in [5.41, 5.74) is 1.29. The molecule has 0 fully saturated rings. The van der Waals surface area contributed by atoms with Gasteiger partial charge in [-0.15, -0.1) is 0 Å². The van der Waals surface area contributed by atoms with Gasteiger partial charge in [-0.25, -0.2) is 4.68 Å². The number of aromatic amines is 1. The Bertz CT molecular complexity index is 1210. The average molecular weight is 414 g/mol. The van der Waals surface area contributed by atoms with Crippen molar-refractivity contribution in [1.29, 1.82) is 0 Å². The SMILES string of the molecule is O=COc1cnn(-c2cc(=O)c(C(=O)NC(c3ccccc3)c3ccccc3)c[nH]2)c1. The number of hydrogen-bond donors (Lipinski definition) is 2. The van der Waals surface area contributed by atoms with Crippen molar-refractivity contribution in [3.8, 4) is 11.6 Å². The molecule has 0 saturated carbocycles. The number of carbonyl (C=O) groups is 2. The maximum atomic E-state index is 12.9. The van der Waals surface area contributed by atoms with Crippen LogP contribution >= 0.6 is 0 Å². The highest BCUT2D eigenvalue weighted by atomic mass is 16.5. The molecule has 0 bridgehead atoms. The number of hydrogen-bond acceptors (Lipinski definition) is 5. The lowest BCUT2D eigenvalue weighted by molar-refractivity contribution is -0.120. The van der Waals surface area contributed by atoms with E-state index in [0.29, 0.717) is 5.82 Å². The number of amides is 1. The molecule has 154 valence electrons. The summed E-state index contributed by atoms with van der Waals surface area (Å²) >= 11 is 0. The summed E-state index contributed by atoms with van der Waals surface area (Å²) < 4.78 is 6.04. The van der Waals surface area contributed by atoms with E-state index in [1.165, 1.54) is 29.3 Å². The minimum atomic E-state index is -0.504. The Morgan fingerprint density at radius 2 is 1.71 bits per heavy atom. The van der Waals surface area contributed by atoms with E-state index >= 15 is 0 Å². The van der Waals surface area contributed by atoms with E-state index in [9.17, 15) is 14.4 Å². The molecule has 2 N–H and O–H groups in total. The van der Waals surface area contributed by atoms with Gasteiger partial charge in [0.1, 0.15) is 11.4 Å². The molecule has 8 heteroatoms. The van der Waals surface area contributed by atoms with Gasteiger partial charge in [-0.3, -0.25) is 14.4 Å². The molecule has 0 aliphatic rings. The second-order valence-electron chi connectivity index (χ2n) is 6.66. The smallest absolute Gasteiger partial charge is 0.298 e. The first-order chi connectivity index (χ1) is 15.2. The number of benzene rings is 2. The maximum Gasteiger partial charge on any atom is 0.298 e. The molecule has 4 rings (SSSR count). The zero-order valence-corrected chi connectivity index (χ0v) is 16.3. The monoisotopic (exact) mass is 414 g/mol. The van der Waals surface area contributed by atoms with Gasteiger partial charge in [-0.1, -0.05) is 60.7 Å². The summed E-state index contributed by atoms with van der Waals surface area (Å²) in [5, 5.41) is 6.96. The number of rotatable bonds is 7. The van der Waals surface area contributed by atoms with E-state index in [4.69, 9.17) is 4.74 Å². The van der Waals surface area contributed by atoms with E-state index in [-0.39, 0.29) is 17.8 Å². The van der Waals surface area contributed by atoms with Crippen LogP contribution in [0.5, 0.6) is 5.75 Å². The number of carbonyl (C=O) groups excluding carboxylic acids is 2. The highest BCUT2D eigenvalue weighted by molar-refractivity contribution is 5.94. The Kier molecular flexibility index (Phi) is 5.70. The third-order valence-electron chi connectivity index (χ3n) is 4.67. The largest absolute Gasteiger partial charge is 0.425 e. The van der Waals surface area contributed by atoms with Crippen molar-refractivity contribution >= 4 is 12.4 Å². The molecule has 1 amide bonds. The summed E-state index contributed by atoms with van der Waals surface area (Å²) in [7, 11) is 0. The van der Waals surface area contributed by atoms with E-state index in [0.717, 1.165) is 11.1 Å². The van der Waals surface area contributed by atoms with Crippen molar-refractivity contribution in [3.05, 3.63) is 112 Å². The number of nitrogens with zero attached hydrogens (tertiary/aromatic N) is 2. The van der Waals surface area contributed by atoms with Gasteiger partial charge in [0.2, 0.25) is 0 Å². The van der Waals surface area contributed by atoms with Gasteiger partial charge in [0.25, 0.3) is 12.4 Å². The zero-order valence-electron chi connectivity index (χ0n) is 16.3. The molecule has 0 aliphatic carbocycles. The fourth-order valence-electron chi connectivity index (χ4n) is 3.18. The highest BCUT2D eigenvalue weighted by Gasteiger charge is 2.19. The normalized spacial score (nSPS) is 10.6. The molecule has 0 saturated heterocycles. The summed E-state index contributed by atoms with van der Waals surface area (Å²) in [6, 6.07) is 19.9. The van der Waals surface area contributed by atoms with Gasteiger partial charge in [-0.2, -0.15) is 5.10 Å². The Labute approximate surface area is 177 Å². The Morgan fingerprint density at radius 1 is 1.06 bits per heavy atom. The molecule has 8 nitrogen and oxygen atoms in total. The number of pyridine rings is 1. The molecule has 0 atom stereocenters. The molecule has 2 heterocycles. The van der Waals surface area contributed by atoms with Crippen molar-refractivity contribution in [1.82, 2.24) is 20.1 Å². The molecule has 0 radical (unpaired) electrons. The number of H-pyrrole nitrogens is 1. The molecule has 0 spiro atoms. The predicted molar refractivity (Wildman–Crippen MR) is 113 cm³/mol. The molecule has 31 heavy (non-hydrogen) atoms. The molecule has 0 unspecified atom stereocenters. The van der Waals surface area contributed by atoms with Crippen molar-refractivity contribution < 1.29 is 14.3 Å². The van der Waals surface area contributed by atoms with Gasteiger partial charge in [0.05, 0.1) is 18.4 Å². The van der Waals surface area contributed by atoms with Gasteiger partial charge in [0.15, 0.2) is 11.2 Å². The lowest BCUT2D eigenvalue weighted by atomic mass is 9.98. The minimum absolute atomic E-state index is 0.0304. The highest BCUT2D eigenvalue weighted by Crippen LogP contribution is 2.22. The number of ether oxygens (including phenoxy) is 1. The average Bonchev–Trinajstić information content (AvgIpc) is 3.27. The Morgan fingerprint density at radius 3 is 2.29 bits per heavy atom. The lowest BCUT2D eigenvalue weighted by Crippen LogP contribution is -2.33. The van der Waals surface area contributed by atoms with E-state index < -0.39 is 17.4 Å². The van der Waals surface area contributed by atoms with Crippen LogP contribution in [0, 0.1) is 0 Å². The van der Waals surface area contributed by atoms with Crippen LogP contribution < -0.4 is 15.5 Å². The van der Waals surface area contributed by atoms with Crippen LogP contribution in [0.4, 0.5) is 0 Å². The van der Waals surface area contributed by atoms with Crippen LogP contribution in [0.25, 0.3) is 5.82 Å². The number of aromatic nitrogens is 3.